The summed E-state index contributed by atoms with van der Waals surface area (Å²) in [5, 5.41) is 3.71. The Balaban J connectivity index is 2.24. The molecule has 0 amide bonds. The van der Waals surface area contributed by atoms with Crippen molar-refractivity contribution in [1.29, 1.82) is 0 Å². The van der Waals surface area contributed by atoms with Crippen LogP contribution in [0, 0.1) is 0 Å². The molecule has 1 aliphatic heterocycles. The van der Waals surface area contributed by atoms with Gasteiger partial charge in [-0.15, -0.1) is 0 Å². The summed E-state index contributed by atoms with van der Waals surface area (Å²) >= 11 is 0. The fourth-order valence-corrected chi connectivity index (χ4v) is 2.46. The highest BCUT2D eigenvalue weighted by Gasteiger charge is 2.20. The molecule has 3 heteroatoms. The van der Waals surface area contributed by atoms with Gasteiger partial charge in [0, 0.05) is 25.7 Å². The van der Waals surface area contributed by atoms with Gasteiger partial charge in [-0.2, -0.15) is 0 Å². The molecule has 3 nitrogen and oxygen atoms in total. The molecule has 1 atom stereocenters. The maximum atomic E-state index is 5.23. The molecule has 0 bridgehead atoms. The van der Waals surface area contributed by atoms with Crippen LogP contribution in [0.2, 0.25) is 0 Å². The van der Waals surface area contributed by atoms with Crippen LogP contribution in [0.4, 0.5) is 0 Å². The first-order valence-corrected chi connectivity index (χ1v) is 6.77. The fraction of sp³-hybridized carbons (Fsp3) is 0.857. The number of rotatable bonds is 7. The zero-order valence-corrected chi connectivity index (χ0v) is 11.7. The lowest BCUT2D eigenvalue weighted by Crippen LogP contribution is -2.47. The first-order valence-electron chi connectivity index (χ1n) is 6.77. The van der Waals surface area contributed by atoms with Gasteiger partial charge in [0.25, 0.3) is 0 Å². The smallest absolute Gasteiger partial charge is 0.0615 e. The predicted octanol–water partition coefficient (Wildman–Crippen LogP) is 2.04. The SMILES string of the molecule is C=C(C)CN1CCC(N[C@@H](CC)COC)CC1. The average molecular weight is 240 g/mol. The number of hydrogen-bond donors (Lipinski definition) is 1. The number of nitrogens with one attached hydrogen (secondary N) is 1. The topological polar surface area (TPSA) is 24.5 Å². The monoisotopic (exact) mass is 240 g/mol. The molecular weight excluding hydrogens is 212 g/mol. The second-order valence-electron chi connectivity index (χ2n) is 5.23. The molecule has 100 valence electrons. The first-order chi connectivity index (χ1) is 8.15. The van der Waals surface area contributed by atoms with E-state index in [0.717, 1.165) is 19.6 Å². The van der Waals surface area contributed by atoms with Crippen LogP contribution in [0.1, 0.15) is 33.1 Å². The number of piperidine rings is 1. The maximum Gasteiger partial charge on any atom is 0.0615 e. The van der Waals surface area contributed by atoms with Gasteiger partial charge in [-0.3, -0.25) is 4.90 Å². The van der Waals surface area contributed by atoms with Crippen LogP contribution in [0.25, 0.3) is 0 Å². The molecule has 1 heterocycles. The van der Waals surface area contributed by atoms with E-state index in [1.807, 2.05) is 0 Å². The number of likely N-dealkylation sites (tertiary alicyclic amines) is 1. The lowest BCUT2D eigenvalue weighted by Gasteiger charge is -2.34. The molecule has 0 aromatic heterocycles. The molecule has 0 unspecified atom stereocenters. The van der Waals surface area contributed by atoms with Gasteiger partial charge in [-0.1, -0.05) is 19.1 Å². The quantitative estimate of drug-likeness (QED) is 0.689. The Morgan fingerprint density at radius 3 is 2.59 bits per heavy atom. The Bertz CT molecular complexity index is 222. The van der Waals surface area contributed by atoms with Crippen LogP contribution >= 0.6 is 0 Å². The van der Waals surface area contributed by atoms with E-state index in [0.29, 0.717) is 12.1 Å². The molecular formula is C14H28N2O. The Morgan fingerprint density at radius 2 is 2.12 bits per heavy atom. The van der Waals surface area contributed by atoms with Crippen molar-refractivity contribution in [3.63, 3.8) is 0 Å². The van der Waals surface area contributed by atoms with Crippen LogP contribution in [-0.2, 0) is 4.74 Å². The molecule has 0 radical (unpaired) electrons. The van der Waals surface area contributed by atoms with Crippen molar-refractivity contribution in [3.05, 3.63) is 12.2 Å². The van der Waals surface area contributed by atoms with E-state index in [-0.39, 0.29) is 0 Å². The largest absolute Gasteiger partial charge is 0.383 e. The molecule has 1 fully saturated rings. The van der Waals surface area contributed by atoms with Crippen molar-refractivity contribution in [2.24, 2.45) is 0 Å². The summed E-state index contributed by atoms with van der Waals surface area (Å²) in [4.78, 5) is 2.50. The molecule has 0 aromatic carbocycles. The third-order valence-corrected chi connectivity index (χ3v) is 3.41. The van der Waals surface area contributed by atoms with E-state index in [4.69, 9.17) is 4.74 Å². The lowest BCUT2D eigenvalue weighted by atomic mass is 10.0. The fourth-order valence-electron chi connectivity index (χ4n) is 2.46. The van der Waals surface area contributed by atoms with Gasteiger partial charge >= 0.3 is 0 Å². The lowest BCUT2D eigenvalue weighted by molar-refractivity contribution is 0.142. The molecule has 17 heavy (non-hydrogen) atoms. The summed E-state index contributed by atoms with van der Waals surface area (Å²) < 4.78 is 5.23. The second kappa shape index (κ2) is 7.85. The van der Waals surface area contributed by atoms with Crippen LogP contribution in [0.5, 0.6) is 0 Å². The highest BCUT2D eigenvalue weighted by molar-refractivity contribution is 4.93. The highest BCUT2D eigenvalue weighted by Crippen LogP contribution is 2.12. The van der Waals surface area contributed by atoms with E-state index >= 15 is 0 Å². The van der Waals surface area contributed by atoms with Crippen molar-refractivity contribution < 1.29 is 4.74 Å². The summed E-state index contributed by atoms with van der Waals surface area (Å²) in [6, 6.07) is 1.18. The molecule has 0 spiro atoms. The van der Waals surface area contributed by atoms with Gasteiger partial charge in [0.15, 0.2) is 0 Å². The number of hydrogen-bond acceptors (Lipinski definition) is 3. The minimum Gasteiger partial charge on any atom is -0.383 e. The summed E-state index contributed by atoms with van der Waals surface area (Å²) in [6.45, 7) is 12.6. The molecule has 1 aliphatic rings. The third kappa shape index (κ3) is 5.66. The highest BCUT2D eigenvalue weighted by atomic mass is 16.5. The zero-order valence-electron chi connectivity index (χ0n) is 11.7. The molecule has 0 aromatic rings. The van der Waals surface area contributed by atoms with Crippen LogP contribution in [-0.4, -0.2) is 50.3 Å². The molecule has 0 saturated carbocycles. The van der Waals surface area contributed by atoms with Gasteiger partial charge in [-0.05, 0) is 39.3 Å². The van der Waals surface area contributed by atoms with E-state index < -0.39 is 0 Å². The van der Waals surface area contributed by atoms with Crippen molar-refractivity contribution in [3.8, 4) is 0 Å². The standard InChI is InChI=1S/C14H28N2O/c1-5-13(11-17-4)15-14-6-8-16(9-7-14)10-12(2)3/h13-15H,2,5-11H2,1,3-4H3/t13-/m0/s1. The Kier molecular flexibility index (Phi) is 6.78. The van der Waals surface area contributed by atoms with Gasteiger partial charge in [0.2, 0.25) is 0 Å². The minimum absolute atomic E-state index is 0.512. The molecule has 0 aliphatic carbocycles. The summed E-state index contributed by atoms with van der Waals surface area (Å²) in [5.41, 5.74) is 1.27. The summed E-state index contributed by atoms with van der Waals surface area (Å²) in [7, 11) is 1.78. The Hall–Kier alpha value is -0.380. The van der Waals surface area contributed by atoms with Gasteiger partial charge < -0.3 is 10.1 Å². The Morgan fingerprint density at radius 1 is 1.47 bits per heavy atom. The summed E-state index contributed by atoms with van der Waals surface area (Å²) in [5.74, 6) is 0. The van der Waals surface area contributed by atoms with Gasteiger partial charge in [-0.25, -0.2) is 0 Å². The van der Waals surface area contributed by atoms with Crippen molar-refractivity contribution in [1.82, 2.24) is 10.2 Å². The second-order valence-corrected chi connectivity index (χ2v) is 5.23. The van der Waals surface area contributed by atoms with Gasteiger partial charge in [0.05, 0.1) is 6.61 Å². The van der Waals surface area contributed by atoms with Crippen LogP contribution in [0.3, 0.4) is 0 Å². The number of nitrogens with zero attached hydrogens (tertiary/aromatic N) is 1. The number of methoxy groups -OCH3 is 1. The Labute approximate surface area is 106 Å². The van der Waals surface area contributed by atoms with Crippen LogP contribution < -0.4 is 5.32 Å². The van der Waals surface area contributed by atoms with Crippen molar-refractivity contribution >= 4 is 0 Å². The minimum atomic E-state index is 0.512. The number of ether oxygens (including phenoxy) is 1. The third-order valence-electron chi connectivity index (χ3n) is 3.41. The van der Waals surface area contributed by atoms with E-state index in [2.05, 4.69) is 30.6 Å². The maximum absolute atomic E-state index is 5.23. The van der Waals surface area contributed by atoms with Crippen LogP contribution in [0.15, 0.2) is 12.2 Å². The van der Waals surface area contributed by atoms with Crippen molar-refractivity contribution in [2.45, 2.75) is 45.2 Å². The molecule has 1 saturated heterocycles. The van der Waals surface area contributed by atoms with E-state index in [1.54, 1.807) is 7.11 Å². The van der Waals surface area contributed by atoms with E-state index in [9.17, 15) is 0 Å². The van der Waals surface area contributed by atoms with E-state index in [1.165, 1.54) is 31.5 Å². The zero-order chi connectivity index (χ0) is 12.7. The average Bonchev–Trinajstić information content (AvgIpc) is 2.30. The van der Waals surface area contributed by atoms with Gasteiger partial charge in [0.1, 0.15) is 0 Å². The first kappa shape index (κ1) is 14.7. The summed E-state index contributed by atoms with van der Waals surface area (Å²) in [6.07, 6.45) is 3.63. The predicted molar refractivity (Wildman–Crippen MR) is 73.4 cm³/mol. The molecule has 1 N–H and O–H groups in total. The normalized spacial score (nSPS) is 20.4. The molecule has 1 rings (SSSR count). The van der Waals surface area contributed by atoms with Crippen molar-refractivity contribution in [2.75, 3.05) is 33.4 Å².